The highest BCUT2D eigenvalue weighted by Crippen LogP contribution is 2.26. The monoisotopic (exact) mass is 421 g/mol. The summed E-state index contributed by atoms with van der Waals surface area (Å²) in [6.45, 7) is 3.89. The van der Waals surface area contributed by atoms with Gasteiger partial charge in [0.2, 0.25) is 0 Å². The number of nitrogens with two attached hydrogens (primary N) is 1. The highest BCUT2D eigenvalue weighted by molar-refractivity contribution is 7.90. The Bertz CT molecular complexity index is 924. The van der Waals surface area contributed by atoms with Crippen LogP contribution in [0.1, 0.15) is 22.5 Å². The highest BCUT2D eigenvalue weighted by atomic mass is 35.5. The highest BCUT2D eigenvalue weighted by Gasteiger charge is 2.16. The molecular formula is C17H22Cl2FN3O2S. The van der Waals surface area contributed by atoms with Gasteiger partial charge in [-0.15, -0.1) is 12.4 Å². The van der Waals surface area contributed by atoms with Crippen LogP contribution in [-0.4, -0.2) is 31.0 Å². The van der Waals surface area contributed by atoms with Gasteiger partial charge in [0.05, 0.1) is 17.1 Å². The summed E-state index contributed by atoms with van der Waals surface area (Å²) in [5.74, 6) is -0.338. The van der Waals surface area contributed by atoms with Crippen LogP contribution in [0.3, 0.4) is 0 Å². The lowest BCUT2D eigenvalue weighted by Gasteiger charge is -2.08. The molecule has 1 aromatic heterocycles. The SMILES string of the molecule is Cc1nn(C/C(F)=C/CN)c(C)c1Cc1ccc(S(C)(=O)=O)cc1Cl.Cl. The minimum atomic E-state index is -3.31. The van der Waals surface area contributed by atoms with E-state index in [9.17, 15) is 12.8 Å². The molecule has 2 aromatic rings. The van der Waals surface area contributed by atoms with Gasteiger partial charge in [-0.05, 0) is 37.6 Å². The van der Waals surface area contributed by atoms with Crippen LogP contribution in [0.4, 0.5) is 4.39 Å². The maximum atomic E-state index is 13.7. The van der Waals surface area contributed by atoms with Crippen molar-refractivity contribution in [2.45, 2.75) is 31.7 Å². The standard InChI is InChI=1S/C17H21ClFN3O2S.ClH/c1-11-16(12(2)22(21-11)10-14(19)6-7-20)8-13-4-5-15(9-17(13)18)25(3,23)24;/h4-6,9H,7-8,10,20H2,1-3H3;1H/b14-6-;. The van der Waals surface area contributed by atoms with E-state index in [0.717, 1.165) is 28.8 Å². The molecule has 0 bridgehead atoms. The Morgan fingerprint density at radius 2 is 2.04 bits per heavy atom. The fourth-order valence-electron chi connectivity index (χ4n) is 2.57. The first kappa shape index (κ1) is 22.6. The average Bonchev–Trinajstić information content (AvgIpc) is 2.75. The third-order valence-electron chi connectivity index (χ3n) is 3.99. The van der Waals surface area contributed by atoms with Gasteiger partial charge in [0.15, 0.2) is 9.84 Å². The first-order chi connectivity index (χ1) is 11.6. The van der Waals surface area contributed by atoms with E-state index in [2.05, 4.69) is 5.10 Å². The summed E-state index contributed by atoms with van der Waals surface area (Å²) in [6, 6.07) is 4.68. The van der Waals surface area contributed by atoms with Gasteiger partial charge >= 0.3 is 0 Å². The van der Waals surface area contributed by atoms with Gasteiger partial charge in [0, 0.05) is 35.5 Å². The van der Waals surface area contributed by atoms with Crippen LogP contribution in [0.15, 0.2) is 35.0 Å². The van der Waals surface area contributed by atoms with Crippen molar-refractivity contribution in [2.24, 2.45) is 5.73 Å². The van der Waals surface area contributed by atoms with Gasteiger partial charge in [-0.25, -0.2) is 12.8 Å². The van der Waals surface area contributed by atoms with Crippen LogP contribution in [0.2, 0.25) is 5.02 Å². The molecule has 1 heterocycles. The molecule has 1 aromatic carbocycles. The van der Waals surface area contributed by atoms with Crippen molar-refractivity contribution >= 4 is 33.8 Å². The van der Waals surface area contributed by atoms with Gasteiger partial charge in [-0.1, -0.05) is 17.7 Å². The van der Waals surface area contributed by atoms with E-state index in [0.29, 0.717) is 11.4 Å². The Hall–Kier alpha value is -1.41. The number of rotatable bonds is 6. The second-order valence-corrected chi connectivity index (χ2v) is 8.32. The second kappa shape index (κ2) is 8.99. The lowest BCUT2D eigenvalue weighted by atomic mass is 10.0. The van der Waals surface area contributed by atoms with Crippen molar-refractivity contribution in [3.05, 3.63) is 57.6 Å². The maximum Gasteiger partial charge on any atom is 0.175 e. The van der Waals surface area contributed by atoms with Crippen LogP contribution in [0.25, 0.3) is 0 Å². The number of nitrogens with zero attached hydrogens (tertiary/aromatic N) is 2. The summed E-state index contributed by atoms with van der Waals surface area (Å²) in [5.41, 5.74) is 8.66. The first-order valence-electron chi connectivity index (χ1n) is 7.69. The minimum absolute atomic E-state index is 0. The predicted molar refractivity (Wildman–Crippen MR) is 105 cm³/mol. The number of hydrogen-bond donors (Lipinski definition) is 1. The van der Waals surface area contributed by atoms with Crippen molar-refractivity contribution < 1.29 is 12.8 Å². The summed E-state index contributed by atoms with van der Waals surface area (Å²) < 4.78 is 38.5. The molecule has 0 unspecified atom stereocenters. The Kier molecular flexibility index (Phi) is 7.83. The third kappa shape index (κ3) is 5.30. The number of halogens is 3. The second-order valence-electron chi connectivity index (χ2n) is 5.90. The van der Waals surface area contributed by atoms with Crippen molar-refractivity contribution in [3.63, 3.8) is 0 Å². The molecule has 0 saturated carbocycles. The molecule has 0 aliphatic carbocycles. The van der Waals surface area contributed by atoms with E-state index in [1.807, 2.05) is 13.8 Å². The molecule has 0 radical (unpaired) electrons. The lowest BCUT2D eigenvalue weighted by molar-refractivity contribution is 0.517. The molecule has 0 fully saturated rings. The molecule has 26 heavy (non-hydrogen) atoms. The topological polar surface area (TPSA) is 78.0 Å². The molecule has 0 atom stereocenters. The van der Waals surface area contributed by atoms with E-state index in [-0.39, 0.29) is 36.2 Å². The summed E-state index contributed by atoms with van der Waals surface area (Å²) in [7, 11) is -3.31. The molecule has 0 aliphatic heterocycles. The molecule has 0 aliphatic rings. The number of aromatic nitrogens is 2. The van der Waals surface area contributed by atoms with Crippen LogP contribution in [0.5, 0.6) is 0 Å². The largest absolute Gasteiger partial charge is 0.327 e. The molecule has 0 spiro atoms. The van der Waals surface area contributed by atoms with Gasteiger partial charge in [0.25, 0.3) is 0 Å². The van der Waals surface area contributed by atoms with Gasteiger partial charge in [0.1, 0.15) is 5.83 Å². The quantitative estimate of drug-likeness (QED) is 0.774. The molecular weight excluding hydrogens is 400 g/mol. The summed E-state index contributed by atoms with van der Waals surface area (Å²) in [4.78, 5) is 0.180. The van der Waals surface area contributed by atoms with Gasteiger partial charge < -0.3 is 5.73 Å². The Labute approximate surface area is 164 Å². The minimum Gasteiger partial charge on any atom is -0.327 e. The van der Waals surface area contributed by atoms with E-state index < -0.39 is 9.84 Å². The summed E-state index contributed by atoms with van der Waals surface area (Å²) >= 11 is 6.25. The predicted octanol–water partition coefficient (Wildman–Crippen LogP) is 3.38. The number of hydrogen-bond acceptors (Lipinski definition) is 4. The summed E-state index contributed by atoms with van der Waals surface area (Å²) in [6.07, 6.45) is 2.94. The molecule has 0 saturated heterocycles. The zero-order chi connectivity index (χ0) is 18.8. The molecule has 144 valence electrons. The third-order valence-corrected chi connectivity index (χ3v) is 5.45. The van der Waals surface area contributed by atoms with Gasteiger partial charge in [-0.2, -0.15) is 5.10 Å². The van der Waals surface area contributed by atoms with Crippen molar-refractivity contribution in [3.8, 4) is 0 Å². The van der Waals surface area contributed by atoms with E-state index in [4.69, 9.17) is 17.3 Å². The van der Waals surface area contributed by atoms with E-state index in [1.165, 1.54) is 18.2 Å². The van der Waals surface area contributed by atoms with Crippen LogP contribution < -0.4 is 5.73 Å². The number of sulfone groups is 1. The zero-order valence-corrected chi connectivity index (χ0v) is 17.2. The fraction of sp³-hybridized carbons (Fsp3) is 0.353. The van der Waals surface area contributed by atoms with E-state index >= 15 is 0 Å². The Balaban J connectivity index is 0.00000338. The Morgan fingerprint density at radius 3 is 2.58 bits per heavy atom. The lowest BCUT2D eigenvalue weighted by Crippen LogP contribution is -2.05. The Morgan fingerprint density at radius 1 is 1.38 bits per heavy atom. The van der Waals surface area contributed by atoms with Crippen LogP contribution in [-0.2, 0) is 22.8 Å². The zero-order valence-electron chi connectivity index (χ0n) is 14.8. The van der Waals surface area contributed by atoms with Crippen molar-refractivity contribution in [2.75, 3.05) is 12.8 Å². The van der Waals surface area contributed by atoms with Crippen LogP contribution in [0, 0.1) is 13.8 Å². The fourth-order valence-corrected chi connectivity index (χ4v) is 3.53. The van der Waals surface area contributed by atoms with Crippen molar-refractivity contribution in [1.29, 1.82) is 0 Å². The maximum absolute atomic E-state index is 13.7. The number of aryl methyl sites for hydroxylation is 1. The van der Waals surface area contributed by atoms with Crippen molar-refractivity contribution in [1.82, 2.24) is 9.78 Å². The first-order valence-corrected chi connectivity index (χ1v) is 9.96. The number of allylic oxidation sites excluding steroid dienone is 1. The van der Waals surface area contributed by atoms with Gasteiger partial charge in [-0.3, -0.25) is 4.68 Å². The summed E-state index contributed by atoms with van der Waals surface area (Å²) in [5, 5.41) is 4.75. The molecule has 2 N–H and O–H groups in total. The molecule has 9 heteroatoms. The smallest absolute Gasteiger partial charge is 0.175 e. The van der Waals surface area contributed by atoms with Crippen LogP contribution >= 0.6 is 24.0 Å². The molecule has 5 nitrogen and oxygen atoms in total. The normalized spacial score (nSPS) is 12.2. The van der Waals surface area contributed by atoms with E-state index in [1.54, 1.807) is 10.7 Å². The average molecular weight is 422 g/mol. The molecule has 2 rings (SSSR count). The molecule has 0 amide bonds. The number of benzene rings is 1.